The molecule has 0 atom stereocenters. The molecule has 1 heterocycles. The largest absolute Gasteiger partial charge is 0.323 e. The van der Waals surface area contributed by atoms with E-state index in [1.54, 1.807) is 6.07 Å². The molecule has 9 heteroatoms. The first kappa shape index (κ1) is 20.1. The lowest BCUT2D eigenvalue weighted by atomic mass is 9.97. The van der Waals surface area contributed by atoms with E-state index in [0.29, 0.717) is 17.9 Å². The van der Waals surface area contributed by atoms with Gasteiger partial charge in [0.15, 0.2) is 5.82 Å². The lowest BCUT2D eigenvalue weighted by Crippen LogP contribution is -2.41. The second-order valence-corrected chi connectivity index (χ2v) is 9.00. The van der Waals surface area contributed by atoms with E-state index in [9.17, 15) is 17.6 Å². The van der Waals surface area contributed by atoms with E-state index < -0.39 is 21.8 Å². The Morgan fingerprint density at radius 1 is 1.07 bits per heavy atom. The number of halogens is 3. The van der Waals surface area contributed by atoms with Gasteiger partial charge in [0.05, 0.1) is 15.6 Å². The number of hydrogen-bond acceptors (Lipinski definition) is 3. The van der Waals surface area contributed by atoms with Crippen LogP contribution in [0.2, 0.25) is 10.0 Å². The summed E-state index contributed by atoms with van der Waals surface area (Å²) in [4.78, 5) is 12.6. The minimum Gasteiger partial charge on any atom is -0.323 e. The first-order valence-corrected chi connectivity index (χ1v) is 10.5. The highest BCUT2D eigenvalue weighted by molar-refractivity contribution is 7.89. The third-order valence-corrected chi connectivity index (χ3v) is 6.94. The van der Waals surface area contributed by atoms with Crippen molar-refractivity contribution in [1.82, 2.24) is 4.31 Å². The normalized spacial score (nSPS) is 16.3. The smallest absolute Gasteiger partial charge is 0.243 e. The number of rotatable bonds is 4. The van der Waals surface area contributed by atoms with Gasteiger partial charge in [-0.25, -0.2) is 12.8 Å². The molecule has 1 N–H and O–H groups in total. The molecule has 3 rings (SSSR count). The number of anilines is 1. The fourth-order valence-corrected chi connectivity index (χ4v) is 4.72. The first-order valence-electron chi connectivity index (χ1n) is 8.29. The summed E-state index contributed by atoms with van der Waals surface area (Å²) < 4.78 is 40.6. The van der Waals surface area contributed by atoms with Crippen molar-refractivity contribution >= 4 is 44.8 Å². The molecule has 144 valence electrons. The monoisotopic (exact) mass is 430 g/mol. The van der Waals surface area contributed by atoms with Crippen LogP contribution < -0.4 is 5.32 Å². The van der Waals surface area contributed by atoms with Crippen molar-refractivity contribution < 1.29 is 17.6 Å². The minimum absolute atomic E-state index is 0.0173. The molecular weight excluding hydrogens is 414 g/mol. The zero-order valence-electron chi connectivity index (χ0n) is 14.2. The second-order valence-electron chi connectivity index (χ2n) is 6.22. The van der Waals surface area contributed by atoms with Crippen LogP contribution in [0.15, 0.2) is 47.4 Å². The Balaban J connectivity index is 1.63. The van der Waals surface area contributed by atoms with E-state index >= 15 is 0 Å². The van der Waals surface area contributed by atoms with Crippen LogP contribution in [0, 0.1) is 11.7 Å². The lowest BCUT2D eigenvalue weighted by Gasteiger charge is -2.30. The van der Waals surface area contributed by atoms with Crippen LogP contribution in [0.3, 0.4) is 0 Å². The maximum atomic E-state index is 13.9. The Morgan fingerprint density at radius 3 is 2.33 bits per heavy atom. The van der Waals surface area contributed by atoms with Crippen LogP contribution in [0.5, 0.6) is 0 Å². The molecular formula is C18H17Cl2FN2O3S. The van der Waals surface area contributed by atoms with Crippen molar-refractivity contribution in [3.8, 4) is 0 Å². The van der Waals surface area contributed by atoms with Gasteiger partial charge in [-0.05, 0) is 49.2 Å². The van der Waals surface area contributed by atoms with Crippen LogP contribution in [-0.2, 0) is 14.8 Å². The van der Waals surface area contributed by atoms with Gasteiger partial charge >= 0.3 is 0 Å². The number of nitrogens with one attached hydrogen (secondary N) is 1. The molecule has 1 amide bonds. The molecule has 27 heavy (non-hydrogen) atoms. The van der Waals surface area contributed by atoms with Crippen molar-refractivity contribution in [2.24, 2.45) is 5.92 Å². The van der Waals surface area contributed by atoms with E-state index in [1.165, 1.54) is 40.7 Å². The topological polar surface area (TPSA) is 66.5 Å². The number of carbonyl (C=O) groups is 1. The molecule has 0 spiro atoms. The fraction of sp³-hybridized carbons (Fsp3) is 0.278. The highest BCUT2D eigenvalue weighted by Gasteiger charge is 2.32. The number of hydrogen-bond donors (Lipinski definition) is 1. The third kappa shape index (κ3) is 4.43. The Kier molecular flexibility index (Phi) is 6.05. The van der Waals surface area contributed by atoms with Gasteiger partial charge in [0.1, 0.15) is 0 Å². The summed E-state index contributed by atoms with van der Waals surface area (Å²) in [6, 6.07) is 10.3. The van der Waals surface area contributed by atoms with Crippen LogP contribution in [0.4, 0.5) is 10.1 Å². The molecule has 0 bridgehead atoms. The number of carbonyl (C=O) groups excluding carboxylic acids is 1. The van der Waals surface area contributed by atoms with E-state index in [1.807, 2.05) is 0 Å². The molecule has 0 unspecified atom stereocenters. The Labute approximate surface area is 167 Å². The predicted octanol–water partition coefficient (Wildman–Crippen LogP) is 4.17. The number of nitrogens with zero attached hydrogens (tertiary/aromatic N) is 1. The molecule has 0 saturated carbocycles. The summed E-state index contributed by atoms with van der Waals surface area (Å²) in [6.45, 7) is 0.419. The SMILES string of the molecule is O=C(Nc1cccc(Cl)c1F)C1CCN(S(=O)(=O)c2ccc(Cl)cc2)CC1. The van der Waals surface area contributed by atoms with Gasteiger partial charge in [0.2, 0.25) is 15.9 Å². The van der Waals surface area contributed by atoms with Gasteiger partial charge in [-0.3, -0.25) is 4.79 Å². The number of piperidine rings is 1. The predicted molar refractivity (Wildman–Crippen MR) is 103 cm³/mol. The highest BCUT2D eigenvalue weighted by Crippen LogP contribution is 2.27. The summed E-state index contributed by atoms with van der Waals surface area (Å²) in [7, 11) is -3.63. The van der Waals surface area contributed by atoms with Crippen molar-refractivity contribution in [3.63, 3.8) is 0 Å². The van der Waals surface area contributed by atoms with Gasteiger partial charge in [-0.2, -0.15) is 4.31 Å². The van der Waals surface area contributed by atoms with Crippen LogP contribution in [0.25, 0.3) is 0 Å². The number of amides is 1. The van der Waals surface area contributed by atoms with Gasteiger partial charge < -0.3 is 5.32 Å². The molecule has 2 aromatic rings. The molecule has 5 nitrogen and oxygen atoms in total. The summed E-state index contributed by atoms with van der Waals surface area (Å²) >= 11 is 11.5. The van der Waals surface area contributed by atoms with Crippen molar-refractivity contribution in [3.05, 3.63) is 58.3 Å². The molecule has 1 saturated heterocycles. The van der Waals surface area contributed by atoms with Crippen molar-refractivity contribution in [2.75, 3.05) is 18.4 Å². The Morgan fingerprint density at radius 2 is 1.70 bits per heavy atom. The number of sulfonamides is 1. The zero-order chi connectivity index (χ0) is 19.6. The standard InChI is InChI=1S/C18H17Cl2FN2O3S/c19-13-4-6-14(7-5-13)27(25,26)23-10-8-12(9-11-23)18(24)22-16-3-1-2-15(20)17(16)21/h1-7,12H,8-11H2,(H,22,24). The third-order valence-electron chi connectivity index (χ3n) is 4.49. The van der Waals surface area contributed by atoms with Gasteiger partial charge in [-0.1, -0.05) is 29.3 Å². The number of benzene rings is 2. The fourth-order valence-electron chi connectivity index (χ4n) is 2.95. The van der Waals surface area contributed by atoms with Crippen LogP contribution in [-0.4, -0.2) is 31.7 Å². The van der Waals surface area contributed by atoms with Crippen LogP contribution in [0.1, 0.15) is 12.8 Å². The van der Waals surface area contributed by atoms with Crippen molar-refractivity contribution in [2.45, 2.75) is 17.7 Å². The van der Waals surface area contributed by atoms with Crippen molar-refractivity contribution in [1.29, 1.82) is 0 Å². The Hall–Kier alpha value is -1.67. The summed E-state index contributed by atoms with van der Waals surface area (Å²) in [6.07, 6.45) is 0.696. The highest BCUT2D eigenvalue weighted by atomic mass is 35.5. The summed E-state index contributed by atoms with van der Waals surface area (Å²) in [5, 5.41) is 2.91. The molecule has 1 fully saturated rings. The maximum absolute atomic E-state index is 13.9. The second kappa shape index (κ2) is 8.14. The lowest BCUT2D eigenvalue weighted by molar-refractivity contribution is -0.120. The minimum atomic E-state index is -3.63. The molecule has 2 aromatic carbocycles. The van der Waals surface area contributed by atoms with Gasteiger partial charge in [0, 0.05) is 24.0 Å². The Bertz CT molecular complexity index is 944. The molecule has 0 radical (unpaired) electrons. The average Bonchev–Trinajstić information content (AvgIpc) is 2.66. The van der Waals surface area contributed by atoms with Crippen LogP contribution >= 0.6 is 23.2 Å². The van der Waals surface area contributed by atoms with E-state index in [0.717, 1.165) is 0 Å². The molecule has 0 aromatic heterocycles. The van der Waals surface area contributed by atoms with Gasteiger partial charge in [-0.15, -0.1) is 0 Å². The van der Waals surface area contributed by atoms with Gasteiger partial charge in [0.25, 0.3) is 0 Å². The van der Waals surface area contributed by atoms with E-state index in [2.05, 4.69) is 5.32 Å². The average molecular weight is 431 g/mol. The molecule has 0 aliphatic carbocycles. The first-order chi connectivity index (χ1) is 12.8. The summed E-state index contributed by atoms with van der Waals surface area (Å²) in [5.41, 5.74) is 0.0173. The van der Waals surface area contributed by atoms with E-state index in [-0.39, 0.29) is 34.6 Å². The maximum Gasteiger partial charge on any atom is 0.243 e. The molecule has 1 aliphatic rings. The molecule has 1 aliphatic heterocycles. The zero-order valence-corrected chi connectivity index (χ0v) is 16.5. The summed E-state index contributed by atoms with van der Waals surface area (Å²) in [5.74, 6) is -1.44. The quantitative estimate of drug-likeness (QED) is 0.790. The van der Waals surface area contributed by atoms with E-state index in [4.69, 9.17) is 23.2 Å².